The number of methoxy groups -OCH3 is 1. The summed E-state index contributed by atoms with van der Waals surface area (Å²) in [6.07, 6.45) is 10.4. The Kier molecular flexibility index (Phi) is 7.61. The predicted molar refractivity (Wildman–Crippen MR) is 156 cm³/mol. The van der Waals surface area contributed by atoms with E-state index < -0.39 is 21.5 Å². The van der Waals surface area contributed by atoms with Crippen molar-refractivity contribution >= 4 is 33.2 Å². The summed E-state index contributed by atoms with van der Waals surface area (Å²) in [4.78, 5) is 15.5. The number of anilines is 1. The van der Waals surface area contributed by atoms with Crippen LogP contribution in [0, 0.1) is 17.8 Å². The normalized spacial score (nSPS) is 29.8. The van der Waals surface area contributed by atoms with Crippen LogP contribution in [0.15, 0.2) is 48.6 Å². The molecule has 4 bridgehead atoms. The summed E-state index contributed by atoms with van der Waals surface area (Å²) in [7, 11) is -2.03. The zero-order valence-electron chi connectivity index (χ0n) is 22.9. The summed E-state index contributed by atoms with van der Waals surface area (Å²) >= 11 is 6.41. The van der Waals surface area contributed by atoms with Gasteiger partial charge in [0, 0.05) is 30.8 Å². The van der Waals surface area contributed by atoms with Crippen molar-refractivity contribution in [2.24, 2.45) is 17.8 Å². The molecule has 40 heavy (non-hydrogen) atoms. The predicted octanol–water partition coefficient (Wildman–Crippen LogP) is 5.51. The topological polar surface area (TPSA) is 84.9 Å². The number of allylic oxidation sites excluding steroid dienone is 1. The minimum Gasteiger partial charge on any atom is -0.491 e. The van der Waals surface area contributed by atoms with E-state index in [1.54, 1.807) is 19.2 Å². The van der Waals surface area contributed by atoms with Gasteiger partial charge in [0.1, 0.15) is 5.75 Å². The Morgan fingerprint density at radius 2 is 1.98 bits per heavy atom. The Balaban J connectivity index is 1.45. The number of hydrogen-bond donors (Lipinski definition) is 1. The highest BCUT2D eigenvalue weighted by atomic mass is 35.5. The number of carbonyl (C=O) groups excluding carboxylic acids is 1. The second-order valence-electron chi connectivity index (χ2n) is 11.7. The number of ether oxygens (including phenoxy) is 2. The molecular formula is C31H37ClN2O5S. The minimum atomic E-state index is -3.80. The minimum absolute atomic E-state index is 0.0911. The first-order valence-electron chi connectivity index (χ1n) is 14.3. The molecule has 214 valence electrons. The molecule has 4 aliphatic rings. The molecule has 1 N–H and O–H groups in total. The van der Waals surface area contributed by atoms with Crippen LogP contribution in [-0.2, 0) is 27.7 Å². The fourth-order valence-electron chi connectivity index (χ4n) is 6.96. The molecular weight excluding hydrogens is 548 g/mol. The number of benzene rings is 2. The Morgan fingerprint density at radius 3 is 2.77 bits per heavy atom. The molecule has 2 aromatic carbocycles. The van der Waals surface area contributed by atoms with Crippen molar-refractivity contribution in [2.45, 2.75) is 57.1 Å². The molecule has 7 nitrogen and oxygen atoms in total. The first-order chi connectivity index (χ1) is 19.2. The number of aryl methyl sites for hydroxylation is 1. The average molecular weight is 585 g/mol. The van der Waals surface area contributed by atoms with Crippen molar-refractivity contribution in [3.63, 3.8) is 0 Å². The highest BCUT2D eigenvalue weighted by molar-refractivity contribution is 7.90. The van der Waals surface area contributed by atoms with E-state index in [1.807, 2.05) is 12.1 Å². The van der Waals surface area contributed by atoms with Crippen LogP contribution in [-0.4, -0.2) is 45.9 Å². The first-order valence-corrected chi connectivity index (χ1v) is 16.4. The Labute approximate surface area is 241 Å². The summed E-state index contributed by atoms with van der Waals surface area (Å²) in [6, 6.07) is 11.4. The molecule has 9 heteroatoms. The standard InChI is InChI=1S/C31H37ClN2O5S/c1-38-31-13-11-21(18-31)12-15-40(36,37)33-30(35)23-7-10-29-28(17-23)34(20-25-6-9-27(25)31)19-24-5-8-26(32)16-22(24)4-2-3-14-39-29/h5,7-8,10-11,13,16-17,21,25,27H,2-4,6,9,12,14-15,18-20H2,1H3,(H,33,35)/t21?,25-,27+,31?/m0/s1. The maximum Gasteiger partial charge on any atom is 0.264 e. The summed E-state index contributed by atoms with van der Waals surface area (Å²) in [5, 5.41) is 0.728. The monoisotopic (exact) mass is 584 g/mol. The zero-order chi connectivity index (χ0) is 27.9. The Hall–Kier alpha value is -2.55. The van der Waals surface area contributed by atoms with E-state index in [4.69, 9.17) is 21.1 Å². The van der Waals surface area contributed by atoms with Crippen LogP contribution in [0.1, 0.15) is 60.0 Å². The molecule has 1 saturated carbocycles. The van der Waals surface area contributed by atoms with Gasteiger partial charge >= 0.3 is 0 Å². The number of sulfonamides is 1. The van der Waals surface area contributed by atoms with Gasteiger partial charge in [-0.15, -0.1) is 0 Å². The third-order valence-electron chi connectivity index (χ3n) is 9.31. The number of amides is 1. The van der Waals surface area contributed by atoms with Gasteiger partial charge in [-0.1, -0.05) is 29.8 Å². The summed E-state index contributed by atoms with van der Waals surface area (Å²) < 4.78 is 40.6. The lowest BCUT2D eigenvalue weighted by molar-refractivity contribution is -0.0789. The van der Waals surface area contributed by atoms with E-state index >= 15 is 0 Å². The molecule has 2 aliphatic heterocycles. The zero-order valence-corrected chi connectivity index (χ0v) is 24.5. The van der Waals surface area contributed by atoms with Crippen LogP contribution in [0.5, 0.6) is 5.75 Å². The molecule has 0 spiro atoms. The fraction of sp³-hybridized carbons (Fsp3) is 0.516. The SMILES string of the molecule is COC12C=CC(CCS(=O)(=O)NC(=O)c3ccc4c(c3)N(Cc3ccc(Cl)cc3CCCCO4)C[C@@H]3CC[C@H]31)C2. The summed E-state index contributed by atoms with van der Waals surface area (Å²) in [5.41, 5.74) is 3.14. The molecule has 2 aromatic rings. The Morgan fingerprint density at radius 1 is 1.10 bits per heavy atom. The van der Waals surface area contributed by atoms with E-state index in [-0.39, 0.29) is 11.7 Å². The van der Waals surface area contributed by atoms with E-state index in [2.05, 4.69) is 33.9 Å². The number of halogens is 1. The lowest BCUT2D eigenvalue weighted by Gasteiger charge is -2.49. The van der Waals surface area contributed by atoms with Crippen molar-refractivity contribution in [3.05, 3.63) is 70.3 Å². The van der Waals surface area contributed by atoms with Crippen molar-refractivity contribution in [1.82, 2.24) is 4.72 Å². The Bertz CT molecular complexity index is 1430. The number of hydrogen-bond acceptors (Lipinski definition) is 6. The van der Waals surface area contributed by atoms with Gasteiger partial charge in [-0.2, -0.15) is 0 Å². The second kappa shape index (κ2) is 11.0. The lowest BCUT2D eigenvalue weighted by atomic mass is 9.63. The number of nitrogens with one attached hydrogen (secondary N) is 1. The van der Waals surface area contributed by atoms with Gasteiger partial charge in [0.15, 0.2) is 0 Å². The van der Waals surface area contributed by atoms with Crippen LogP contribution < -0.4 is 14.4 Å². The molecule has 6 rings (SSSR count). The van der Waals surface area contributed by atoms with Crippen LogP contribution in [0.3, 0.4) is 0 Å². The summed E-state index contributed by atoms with van der Waals surface area (Å²) in [5.74, 6) is 0.779. The molecule has 1 amide bonds. The van der Waals surface area contributed by atoms with Gasteiger partial charge < -0.3 is 14.4 Å². The molecule has 2 unspecified atom stereocenters. The third kappa shape index (κ3) is 5.50. The average Bonchev–Trinajstić information content (AvgIpc) is 3.32. The first kappa shape index (κ1) is 27.6. The van der Waals surface area contributed by atoms with Crippen molar-refractivity contribution in [2.75, 3.05) is 30.9 Å². The van der Waals surface area contributed by atoms with Crippen LogP contribution >= 0.6 is 11.6 Å². The maximum atomic E-state index is 13.2. The fourth-order valence-corrected chi connectivity index (χ4v) is 8.27. The molecule has 0 aromatic heterocycles. The number of carbonyl (C=O) groups is 1. The number of nitrogens with zero attached hydrogens (tertiary/aromatic N) is 1. The van der Waals surface area contributed by atoms with E-state index in [0.717, 1.165) is 55.8 Å². The van der Waals surface area contributed by atoms with Gasteiger partial charge in [-0.25, -0.2) is 13.1 Å². The molecule has 0 saturated heterocycles. The van der Waals surface area contributed by atoms with E-state index in [1.165, 1.54) is 11.1 Å². The highest BCUT2D eigenvalue weighted by Gasteiger charge is 2.50. The van der Waals surface area contributed by atoms with E-state index in [0.29, 0.717) is 42.7 Å². The van der Waals surface area contributed by atoms with Gasteiger partial charge in [-0.05, 0) is 104 Å². The quantitative estimate of drug-likeness (QED) is 0.445. The number of fused-ring (bicyclic) bond motifs is 6. The van der Waals surface area contributed by atoms with E-state index in [9.17, 15) is 13.2 Å². The van der Waals surface area contributed by atoms with Crippen molar-refractivity contribution < 1.29 is 22.7 Å². The van der Waals surface area contributed by atoms with Gasteiger partial charge in [0.25, 0.3) is 5.91 Å². The lowest BCUT2D eigenvalue weighted by Crippen LogP contribution is -2.50. The summed E-state index contributed by atoms with van der Waals surface area (Å²) in [6.45, 7) is 1.96. The van der Waals surface area contributed by atoms with Crippen LogP contribution in [0.2, 0.25) is 5.02 Å². The molecule has 4 atom stereocenters. The molecule has 1 fully saturated rings. The van der Waals surface area contributed by atoms with Crippen molar-refractivity contribution in [3.8, 4) is 5.75 Å². The molecule has 2 heterocycles. The van der Waals surface area contributed by atoms with Crippen LogP contribution in [0.25, 0.3) is 0 Å². The largest absolute Gasteiger partial charge is 0.491 e. The second-order valence-corrected chi connectivity index (χ2v) is 14.0. The smallest absolute Gasteiger partial charge is 0.264 e. The highest BCUT2D eigenvalue weighted by Crippen LogP contribution is 2.51. The molecule has 0 radical (unpaired) electrons. The van der Waals surface area contributed by atoms with Gasteiger partial charge in [0.05, 0.1) is 23.6 Å². The molecule has 2 aliphatic carbocycles. The van der Waals surface area contributed by atoms with Crippen molar-refractivity contribution in [1.29, 1.82) is 0 Å². The maximum absolute atomic E-state index is 13.2. The van der Waals surface area contributed by atoms with Gasteiger partial charge in [0.2, 0.25) is 10.0 Å². The van der Waals surface area contributed by atoms with Crippen LogP contribution in [0.4, 0.5) is 5.69 Å². The number of rotatable bonds is 1. The third-order valence-corrected chi connectivity index (χ3v) is 10.8. The van der Waals surface area contributed by atoms with Gasteiger partial charge in [-0.3, -0.25) is 4.79 Å².